The van der Waals surface area contributed by atoms with Crippen LogP contribution in [0.3, 0.4) is 0 Å². The van der Waals surface area contributed by atoms with Crippen LogP contribution in [-0.4, -0.2) is 57.0 Å². The Morgan fingerprint density at radius 2 is 1.93 bits per heavy atom. The Labute approximate surface area is 177 Å². The van der Waals surface area contributed by atoms with E-state index in [1.165, 1.54) is 23.3 Å². The van der Waals surface area contributed by atoms with Crippen LogP contribution in [0.5, 0.6) is 0 Å². The summed E-state index contributed by atoms with van der Waals surface area (Å²) in [5.74, 6) is -0.204. The van der Waals surface area contributed by atoms with Crippen LogP contribution in [0.15, 0.2) is 60.9 Å². The van der Waals surface area contributed by atoms with Gasteiger partial charge in [0.25, 0.3) is 0 Å². The largest absolute Gasteiger partial charge is 0.396 e. The van der Waals surface area contributed by atoms with Gasteiger partial charge in [-0.15, -0.1) is 0 Å². The summed E-state index contributed by atoms with van der Waals surface area (Å²) in [5, 5.41) is 13.9. The Balaban J connectivity index is 1.41. The quantitative estimate of drug-likeness (QED) is 0.651. The lowest BCUT2D eigenvalue weighted by Crippen LogP contribution is -2.52. The summed E-state index contributed by atoms with van der Waals surface area (Å²) in [6.45, 7) is 6.85. The van der Waals surface area contributed by atoms with E-state index in [4.69, 9.17) is 0 Å². The number of halogens is 1. The molecule has 5 nitrogen and oxygen atoms in total. The molecule has 3 aromatic rings. The first-order valence-corrected chi connectivity index (χ1v) is 10.5. The molecular weight excluding hydrogens is 379 g/mol. The molecule has 0 spiro atoms. The highest BCUT2D eigenvalue weighted by Crippen LogP contribution is 2.21. The average Bonchev–Trinajstić information content (AvgIpc) is 3.28. The molecule has 6 heteroatoms. The Bertz CT molecular complexity index is 942. The van der Waals surface area contributed by atoms with Crippen molar-refractivity contribution in [1.82, 2.24) is 19.6 Å². The van der Waals surface area contributed by atoms with Crippen molar-refractivity contribution in [2.45, 2.75) is 32.5 Å². The van der Waals surface area contributed by atoms with Crippen LogP contribution in [0.25, 0.3) is 5.69 Å². The zero-order valence-electron chi connectivity index (χ0n) is 17.4. The molecule has 2 aromatic carbocycles. The highest BCUT2D eigenvalue weighted by Gasteiger charge is 2.27. The first kappa shape index (κ1) is 20.7. The van der Waals surface area contributed by atoms with Crippen LogP contribution in [0, 0.1) is 12.7 Å². The van der Waals surface area contributed by atoms with Crippen LogP contribution >= 0.6 is 0 Å². The number of rotatable bonds is 7. The molecule has 0 unspecified atom stereocenters. The summed E-state index contributed by atoms with van der Waals surface area (Å²) in [7, 11) is 0. The van der Waals surface area contributed by atoms with Gasteiger partial charge in [-0.2, -0.15) is 5.10 Å². The van der Waals surface area contributed by atoms with E-state index >= 15 is 0 Å². The molecule has 0 aliphatic carbocycles. The lowest BCUT2D eigenvalue weighted by molar-refractivity contribution is 0.0499. The molecule has 1 atom stereocenters. The molecule has 30 heavy (non-hydrogen) atoms. The fourth-order valence-corrected chi connectivity index (χ4v) is 4.22. The van der Waals surface area contributed by atoms with Gasteiger partial charge in [-0.3, -0.25) is 9.80 Å². The third kappa shape index (κ3) is 4.95. The van der Waals surface area contributed by atoms with Gasteiger partial charge in [0, 0.05) is 57.8 Å². The van der Waals surface area contributed by atoms with Crippen LogP contribution in [0.2, 0.25) is 0 Å². The second-order valence-corrected chi connectivity index (χ2v) is 8.06. The molecule has 1 N–H and O–H groups in total. The third-order valence-electron chi connectivity index (χ3n) is 5.94. The van der Waals surface area contributed by atoms with Gasteiger partial charge in [0.15, 0.2) is 0 Å². The monoisotopic (exact) mass is 408 g/mol. The van der Waals surface area contributed by atoms with Gasteiger partial charge in [-0.1, -0.05) is 18.2 Å². The Kier molecular flexibility index (Phi) is 6.57. The molecule has 1 fully saturated rings. The number of aliphatic hydroxyl groups excluding tert-OH is 1. The van der Waals surface area contributed by atoms with Crippen LogP contribution in [0.4, 0.5) is 4.39 Å². The van der Waals surface area contributed by atoms with E-state index in [2.05, 4.69) is 40.0 Å². The SMILES string of the molecule is Cc1cc(-n2cccn2)ccc1CN1CCN(Cc2ccc(F)cc2)[C@H](CCO)C1. The lowest BCUT2D eigenvalue weighted by Gasteiger charge is -2.41. The van der Waals surface area contributed by atoms with E-state index in [1.807, 2.05) is 29.1 Å². The fraction of sp³-hybridized carbons (Fsp3) is 0.375. The van der Waals surface area contributed by atoms with Gasteiger partial charge in [0.1, 0.15) is 5.82 Å². The lowest BCUT2D eigenvalue weighted by atomic mass is 10.0. The van der Waals surface area contributed by atoms with E-state index in [0.29, 0.717) is 0 Å². The van der Waals surface area contributed by atoms with E-state index in [0.717, 1.165) is 50.4 Å². The van der Waals surface area contributed by atoms with Gasteiger partial charge in [0.2, 0.25) is 0 Å². The summed E-state index contributed by atoms with van der Waals surface area (Å²) in [5.41, 5.74) is 4.76. The van der Waals surface area contributed by atoms with E-state index in [-0.39, 0.29) is 18.5 Å². The molecular formula is C24H29FN4O. The fourth-order valence-electron chi connectivity index (χ4n) is 4.22. The van der Waals surface area contributed by atoms with Gasteiger partial charge in [-0.05, 0) is 60.4 Å². The normalized spacial score (nSPS) is 18.0. The number of nitrogens with zero attached hydrogens (tertiary/aromatic N) is 4. The van der Waals surface area contributed by atoms with Crippen LogP contribution < -0.4 is 0 Å². The van der Waals surface area contributed by atoms with Crippen molar-refractivity contribution in [3.63, 3.8) is 0 Å². The minimum Gasteiger partial charge on any atom is -0.396 e. The number of piperazine rings is 1. The minimum absolute atomic E-state index is 0.177. The van der Waals surface area contributed by atoms with Crippen molar-refractivity contribution >= 4 is 0 Å². The van der Waals surface area contributed by atoms with Crippen molar-refractivity contribution in [1.29, 1.82) is 0 Å². The molecule has 4 rings (SSSR count). The molecule has 0 amide bonds. The van der Waals surface area contributed by atoms with Gasteiger partial charge < -0.3 is 5.11 Å². The van der Waals surface area contributed by atoms with Crippen LogP contribution in [-0.2, 0) is 13.1 Å². The zero-order valence-corrected chi connectivity index (χ0v) is 17.4. The molecule has 1 saturated heterocycles. The number of aryl methyl sites for hydroxylation is 1. The van der Waals surface area contributed by atoms with E-state index < -0.39 is 0 Å². The van der Waals surface area contributed by atoms with Gasteiger partial charge in [-0.25, -0.2) is 9.07 Å². The first-order chi connectivity index (χ1) is 14.6. The summed E-state index contributed by atoms with van der Waals surface area (Å²) >= 11 is 0. The predicted octanol–water partition coefficient (Wildman–Crippen LogP) is 3.39. The van der Waals surface area contributed by atoms with Crippen molar-refractivity contribution in [2.75, 3.05) is 26.2 Å². The first-order valence-electron chi connectivity index (χ1n) is 10.5. The highest BCUT2D eigenvalue weighted by atomic mass is 19.1. The number of hydrogen-bond donors (Lipinski definition) is 1. The average molecular weight is 409 g/mol. The standard InChI is InChI=1S/C24H29FN4O/c1-19-15-23(29-11-2-10-26-29)8-5-21(19)17-27-12-13-28(24(18-27)9-14-30)16-20-3-6-22(25)7-4-20/h2-8,10-11,15,24,30H,9,12-14,16-18H2,1H3/t24-/m1/s1. The van der Waals surface area contributed by atoms with Crippen LogP contribution in [0.1, 0.15) is 23.1 Å². The van der Waals surface area contributed by atoms with Crippen molar-refractivity contribution in [2.24, 2.45) is 0 Å². The third-order valence-corrected chi connectivity index (χ3v) is 5.94. The molecule has 158 valence electrons. The Hall–Kier alpha value is -2.54. The summed E-state index contributed by atoms with van der Waals surface area (Å²) in [6.07, 6.45) is 4.49. The smallest absolute Gasteiger partial charge is 0.123 e. The maximum Gasteiger partial charge on any atom is 0.123 e. The molecule has 0 saturated carbocycles. The molecule has 1 aromatic heterocycles. The molecule has 2 heterocycles. The van der Waals surface area contributed by atoms with Crippen molar-refractivity contribution < 1.29 is 9.50 Å². The molecule has 1 aliphatic heterocycles. The number of aromatic nitrogens is 2. The van der Waals surface area contributed by atoms with Gasteiger partial charge >= 0.3 is 0 Å². The predicted molar refractivity (Wildman–Crippen MR) is 116 cm³/mol. The number of benzene rings is 2. The second kappa shape index (κ2) is 9.51. The zero-order chi connectivity index (χ0) is 20.9. The number of hydrogen-bond acceptors (Lipinski definition) is 4. The van der Waals surface area contributed by atoms with Crippen molar-refractivity contribution in [3.05, 3.63) is 83.4 Å². The summed E-state index contributed by atoms with van der Waals surface area (Å²) < 4.78 is 15.1. The molecule has 1 aliphatic rings. The summed E-state index contributed by atoms with van der Waals surface area (Å²) in [6, 6.07) is 15.4. The highest BCUT2D eigenvalue weighted by molar-refractivity contribution is 5.39. The summed E-state index contributed by atoms with van der Waals surface area (Å²) in [4.78, 5) is 4.88. The maximum atomic E-state index is 13.2. The minimum atomic E-state index is -0.204. The molecule has 0 bridgehead atoms. The van der Waals surface area contributed by atoms with E-state index in [9.17, 15) is 9.50 Å². The second-order valence-electron chi connectivity index (χ2n) is 8.06. The van der Waals surface area contributed by atoms with Gasteiger partial charge in [0.05, 0.1) is 5.69 Å². The van der Waals surface area contributed by atoms with E-state index in [1.54, 1.807) is 6.20 Å². The number of aliphatic hydroxyl groups is 1. The van der Waals surface area contributed by atoms with Crippen molar-refractivity contribution in [3.8, 4) is 5.69 Å². The maximum absolute atomic E-state index is 13.2. The Morgan fingerprint density at radius 1 is 1.10 bits per heavy atom. The molecule has 0 radical (unpaired) electrons. The topological polar surface area (TPSA) is 44.5 Å². The Morgan fingerprint density at radius 3 is 2.63 bits per heavy atom.